The van der Waals surface area contributed by atoms with Crippen LogP contribution in [0.2, 0.25) is 0 Å². The molecule has 0 atom stereocenters. The van der Waals surface area contributed by atoms with Gasteiger partial charge in [-0.3, -0.25) is 14.3 Å². The molecule has 3 aromatic rings. The van der Waals surface area contributed by atoms with E-state index in [1.807, 2.05) is 65.2 Å². The summed E-state index contributed by atoms with van der Waals surface area (Å²) in [6.45, 7) is 4.12. The van der Waals surface area contributed by atoms with E-state index in [0.29, 0.717) is 29.2 Å². The highest BCUT2D eigenvalue weighted by atomic mass is 32.2. The Morgan fingerprint density at radius 2 is 1.82 bits per heavy atom. The summed E-state index contributed by atoms with van der Waals surface area (Å²) in [5.41, 5.74) is 4.83. The third kappa shape index (κ3) is 3.54. The number of aromatic nitrogens is 3. The second-order valence-corrected chi connectivity index (χ2v) is 6.91. The molecule has 0 aliphatic carbocycles. The molecule has 0 spiro atoms. The zero-order valence-corrected chi connectivity index (χ0v) is 15.8. The van der Waals surface area contributed by atoms with Crippen LogP contribution < -0.4 is 5.43 Å². The molecule has 1 amide bonds. The monoisotopic (exact) mass is 390 g/mol. The number of benzene rings is 2. The molecule has 1 fully saturated rings. The first-order valence-electron chi connectivity index (χ1n) is 8.72. The number of amidine groups is 1. The van der Waals surface area contributed by atoms with Crippen LogP contribution in [0.15, 0.2) is 78.4 Å². The van der Waals surface area contributed by atoms with Gasteiger partial charge in [-0.05, 0) is 12.1 Å². The van der Waals surface area contributed by atoms with Crippen LogP contribution in [0.4, 0.5) is 5.95 Å². The molecule has 140 valence electrons. The van der Waals surface area contributed by atoms with Gasteiger partial charge in [-0.25, -0.2) is 5.43 Å². The summed E-state index contributed by atoms with van der Waals surface area (Å²) in [6.07, 6.45) is 1.68. The van der Waals surface area contributed by atoms with Crippen LogP contribution in [0.25, 0.3) is 17.1 Å². The van der Waals surface area contributed by atoms with Crippen LogP contribution in [0, 0.1) is 0 Å². The van der Waals surface area contributed by atoms with Crippen LogP contribution in [0.5, 0.6) is 0 Å². The molecule has 0 unspecified atom stereocenters. The number of hydrogen-bond acceptors (Lipinski definition) is 6. The number of nitrogens with one attached hydrogen (secondary N) is 1. The first-order valence-corrected chi connectivity index (χ1v) is 9.70. The van der Waals surface area contributed by atoms with Crippen LogP contribution in [0.1, 0.15) is 0 Å². The van der Waals surface area contributed by atoms with Crippen LogP contribution in [-0.2, 0) is 4.79 Å². The second-order valence-electron chi connectivity index (χ2n) is 5.97. The van der Waals surface area contributed by atoms with E-state index in [0.717, 1.165) is 11.3 Å². The largest absolute Gasteiger partial charge is 0.285 e. The lowest BCUT2D eigenvalue weighted by atomic mass is 10.2. The Kier molecular flexibility index (Phi) is 5.20. The van der Waals surface area contributed by atoms with Crippen molar-refractivity contribution in [2.45, 2.75) is 0 Å². The zero-order chi connectivity index (χ0) is 19.3. The minimum absolute atomic E-state index is 0.0138. The average Bonchev–Trinajstić information content (AvgIpc) is 3.32. The Morgan fingerprint density at radius 1 is 1.11 bits per heavy atom. The number of hydrogen-bond donors (Lipinski definition) is 1. The summed E-state index contributed by atoms with van der Waals surface area (Å²) in [5, 5.41) is 13.6. The fourth-order valence-corrected chi connectivity index (χ4v) is 3.69. The molecule has 4 rings (SSSR count). The number of amides is 1. The number of rotatable bonds is 6. The van der Waals surface area contributed by atoms with Gasteiger partial charge in [0.15, 0.2) is 11.0 Å². The Morgan fingerprint density at radius 3 is 2.54 bits per heavy atom. The lowest BCUT2D eigenvalue weighted by Crippen LogP contribution is -2.30. The highest BCUT2D eigenvalue weighted by Crippen LogP contribution is 2.26. The van der Waals surface area contributed by atoms with Crippen molar-refractivity contribution in [3.05, 3.63) is 73.3 Å². The number of hydrazone groups is 1. The van der Waals surface area contributed by atoms with Crippen molar-refractivity contribution in [3.63, 3.8) is 0 Å². The van der Waals surface area contributed by atoms with E-state index in [2.05, 4.69) is 27.3 Å². The van der Waals surface area contributed by atoms with Crippen molar-refractivity contribution in [2.24, 2.45) is 5.10 Å². The molecule has 1 N–H and O–H groups in total. The molecule has 1 aromatic heterocycles. The Hall–Kier alpha value is -3.39. The minimum Gasteiger partial charge on any atom is -0.285 e. The molecular weight excluding hydrogens is 372 g/mol. The summed E-state index contributed by atoms with van der Waals surface area (Å²) < 4.78 is 1.90. The number of nitrogens with zero attached hydrogens (tertiary/aromatic N) is 5. The predicted molar refractivity (Wildman–Crippen MR) is 112 cm³/mol. The van der Waals surface area contributed by atoms with Gasteiger partial charge >= 0.3 is 0 Å². The van der Waals surface area contributed by atoms with E-state index < -0.39 is 0 Å². The first-order chi connectivity index (χ1) is 13.8. The molecule has 1 saturated heterocycles. The van der Waals surface area contributed by atoms with Gasteiger partial charge in [-0.15, -0.1) is 21.9 Å². The lowest BCUT2D eigenvalue weighted by molar-refractivity contribution is -0.123. The molecule has 7 nitrogen and oxygen atoms in total. The maximum Gasteiger partial charge on any atom is 0.250 e. The SMILES string of the molecule is C=CCN1C(=O)CS/C1=N/Nc1nnc(-c2ccccc2)n1-c1ccccc1. The third-order valence-electron chi connectivity index (χ3n) is 4.13. The maximum absolute atomic E-state index is 12.0. The number of anilines is 1. The quantitative estimate of drug-likeness (QED) is 0.516. The highest BCUT2D eigenvalue weighted by molar-refractivity contribution is 8.15. The summed E-state index contributed by atoms with van der Waals surface area (Å²) in [4.78, 5) is 13.6. The summed E-state index contributed by atoms with van der Waals surface area (Å²) in [5.74, 6) is 1.55. The molecular formula is C20H18N6OS. The van der Waals surface area contributed by atoms with Gasteiger partial charge in [-0.1, -0.05) is 66.4 Å². The van der Waals surface area contributed by atoms with Crippen LogP contribution >= 0.6 is 11.8 Å². The number of carbonyl (C=O) groups is 1. The van der Waals surface area contributed by atoms with Gasteiger partial charge in [0, 0.05) is 12.1 Å². The van der Waals surface area contributed by atoms with Crippen LogP contribution in [-0.4, -0.2) is 43.0 Å². The van der Waals surface area contributed by atoms with Crippen LogP contribution in [0.3, 0.4) is 0 Å². The molecule has 0 bridgehead atoms. The molecule has 0 saturated carbocycles. The summed E-state index contributed by atoms with van der Waals surface area (Å²) in [7, 11) is 0. The van der Waals surface area contributed by atoms with E-state index in [9.17, 15) is 4.79 Å². The molecule has 28 heavy (non-hydrogen) atoms. The minimum atomic E-state index is 0.0138. The van der Waals surface area contributed by atoms with Crippen molar-refractivity contribution in [2.75, 3.05) is 17.7 Å². The Balaban J connectivity index is 1.72. The van der Waals surface area contributed by atoms with E-state index in [1.165, 1.54) is 11.8 Å². The topological polar surface area (TPSA) is 75.4 Å². The standard InChI is InChI=1S/C20H18N6OS/c1-2-13-25-17(27)14-28-20(25)24-23-19-22-21-18(15-9-5-3-6-10-15)26(19)16-11-7-4-8-12-16/h2-12H,1,13-14H2,(H,22,23)/b24-20+. The molecule has 1 aliphatic heterocycles. The molecule has 2 heterocycles. The Labute approximate surface area is 166 Å². The van der Waals surface area contributed by atoms with E-state index in [1.54, 1.807) is 11.0 Å². The number of para-hydroxylation sites is 1. The highest BCUT2D eigenvalue weighted by Gasteiger charge is 2.27. The molecule has 1 aliphatic rings. The smallest absolute Gasteiger partial charge is 0.250 e. The normalized spacial score (nSPS) is 15.2. The zero-order valence-electron chi connectivity index (χ0n) is 15.0. The van der Waals surface area contributed by atoms with Gasteiger partial charge < -0.3 is 0 Å². The lowest BCUT2D eigenvalue weighted by Gasteiger charge is -2.13. The average molecular weight is 390 g/mol. The van der Waals surface area contributed by atoms with E-state index >= 15 is 0 Å². The second kappa shape index (κ2) is 8.10. The van der Waals surface area contributed by atoms with Gasteiger partial charge in [0.2, 0.25) is 11.9 Å². The maximum atomic E-state index is 12.0. The summed E-state index contributed by atoms with van der Waals surface area (Å²) in [6, 6.07) is 19.7. The molecule has 0 radical (unpaired) electrons. The van der Waals surface area contributed by atoms with Crippen molar-refractivity contribution < 1.29 is 4.79 Å². The fourth-order valence-electron chi connectivity index (χ4n) is 2.84. The number of carbonyl (C=O) groups excluding carboxylic acids is 1. The van der Waals surface area contributed by atoms with Gasteiger partial charge in [0.1, 0.15) is 0 Å². The molecule has 8 heteroatoms. The Bertz CT molecular complexity index is 1020. The number of thioether (sulfide) groups is 1. The van der Waals surface area contributed by atoms with Crippen molar-refractivity contribution in [3.8, 4) is 17.1 Å². The first kappa shape index (κ1) is 18.0. The predicted octanol–water partition coefficient (Wildman–Crippen LogP) is 3.38. The van der Waals surface area contributed by atoms with E-state index in [4.69, 9.17) is 0 Å². The fraction of sp³-hybridized carbons (Fsp3) is 0.100. The van der Waals surface area contributed by atoms with Gasteiger partial charge in [0.05, 0.1) is 11.4 Å². The molecule has 2 aromatic carbocycles. The van der Waals surface area contributed by atoms with Crippen molar-refractivity contribution >= 4 is 28.8 Å². The summed E-state index contributed by atoms with van der Waals surface area (Å²) >= 11 is 1.38. The van der Waals surface area contributed by atoms with Gasteiger partial charge in [-0.2, -0.15) is 0 Å². The van der Waals surface area contributed by atoms with Crippen molar-refractivity contribution in [1.82, 2.24) is 19.7 Å². The van der Waals surface area contributed by atoms with Crippen molar-refractivity contribution in [1.29, 1.82) is 0 Å². The van der Waals surface area contributed by atoms with Gasteiger partial charge in [0.25, 0.3) is 0 Å². The van der Waals surface area contributed by atoms with E-state index in [-0.39, 0.29) is 5.91 Å². The third-order valence-corrected chi connectivity index (χ3v) is 5.09.